The van der Waals surface area contributed by atoms with Gasteiger partial charge in [-0.2, -0.15) is 0 Å². The van der Waals surface area contributed by atoms with Gasteiger partial charge in [0.05, 0.1) is 12.7 Å². The highest BCUT2D eigenvalue weighted by molar-refractivity contribution is 6.03. The second-order valence-electron chi connectivity index (χ2n) is 7.81. The first-order chi connectivity index (χ1) is 14.8. The predicted octanol–water partition coefficient (Wildman–Crippen LogP) is 4.17. The molecule has 2 aromatic rings. The Balaban J connectivity index is 1.78. The van der Waals surface area contributed by atoms with Crippen LogP contribution in [0.4, 0.5) is 0 Å². The third-order valence-electron chi connectivity index (χ3n) is 4.22. The van der Waals surface area contributed by atoms with Crippen LogP contribution in [0.1, 0.15) is 43.6 Å². The van der Waals surface area contributed by atoms with E-state index in [2.05, 4.69) is 19.2 Å². The molecule has 0 unspecified atom stereocenters. The van der Waals surface area contributed by atoms with Gasteiger partial charge in [0.2, 0.25) is 6.79 Å². The zero-order valence-electron chi connectivity index (χ0n) is 18.1. The minimum atomic E-state index is -0.627. The molecule has 2 aromatic carbocycles. The van der Waals surface area contributed by atoms with Crippen LogP contribution in [0, 0.1) is 5.92 Å². The zero-order valence-corrected chi connectivity index (χ0v) is 18.1. The molecule has 0 radical (unpaired) electrons. The smallest absolute Gasteiger partial charge is 0.355 e. The molecule has 0 bridgehead atoms. The highest BCUT2D eigenvalue weighted by Gasteiger charge is 2.19. The van der Waals surface area contributed by atoms with E-state index in [0.717, 1.165) is 0 Å². The van der Waals surface area contributed by atoms with Crippen molar-refractivity contribution >= 4 is 18.0 Å². The van der Waals surface area contributed by atoms with E-state index >= 15 is 0 Å². The number of hydrogen-bond acceptors (Lipinski definition) is 6. The van der Waals surface area contributed by atoms with Gasteiger partial charge < -0.3 is 24.3 Å². The molecule has 1 N–H and O–H groups in total. The van der Waals surface area contributed by atoms with Crippen molar-refractivity contribution in [3.63, 3.8) is 0 Å². The third kappa shape index (κ3) is 6.25. The lowest BCUT2D eigenvalue weighted by Gasteiger charge is -2.13. The second-order valence-corrected chi connectivity index (χ2v) is 7.81. The van der Waals surface area contributed by atoms with E-state index in [-0.39, 0.29) is 18.6 Å². The standard InChI is InChI=1S/C24H27NO6/c1-15(2)13-28-19-8-6-18(7-9-19)23(26)25-20(24(27)31-16(3)4)11-17-5-10-21-22(12-17)30-14-29-21/h5-12,15-16H,13-14H2,1-4H3,(H,25,26)/b20-11+. The molecule has 0 aromatic heterocycles. The summed E-state index contributed by atoms with van der Waals surface area (Å²) in [6.45, 7) is 8.35. The van der Waals surface area contributed by atoms with E-state index in [0.29, 0.717) is 40.9 Å². The van der Waals surface area contributed by atoms with Crippen LogP contribution >= 0.6 is 0 Å². The number of rotatable bonds is 8. The number of nitrogens with one attached hydrogen (secondary N) is 1. The summed E-state index contributed by atoms with van der Waals surface area (Å²) in [7, 11) is 0. The van der Waals surface area contributed by atoms with Crippen molar-refractivity contribution in [2.45, 2.75) is 33.8 Å². The van der Waals surface area contributed by atoms with Crippen molar-refractivity contribution in [1.29, 1.82) is 0 Å². The van der Waals surface area contributed by atoms with Gasteiger partial charge in [-0.25, -0.2) is 4.79 Å². The number of hydrogen-bond donors (Lipinski definition) is 1. The summed E-state index contributed by atoms with van der Waals surface area (Å²) in [6, 6.07) is 12.0. The minimum absolute atomic E-state index is 0.0256. The first kappa shape index (κ1) is 22.2. The number of benzene rings is 2. The fourth-order valence-electron chi connectivity index (χ4n) is 2.75. The fraction of sp³-hybridized carbons (Fsp3) is 0.333. The van der Waals surface area contributed by atoms with Gasteiger partial charge >= 0.3 is 5.97 Å². The molecule has 0 aliphatic carbocycles. The molecule has 0 atom stereocenters. The van der Waals surface area contributed by atoms with Crippen molar-refractivity contribution in [2.24, 2.45) is 5.92 Å². The summed E-state index contributed by atoms with van der Waals surface area (Å²) in [6.07, 6.45) is 1.21. The molecule has 0 saturated carbocycles. The highest BCUT2D eigenvalue weighted by atomic mass is 16.7. The Hall–Kier alpha value is -3.48. The molecule has 1 heterocycles. The molecule has 164 valence electrons. The van der Waals surface area contributed by atoms with Crippen LogP contribution in [0.5, 0.6) is 17.2 Å². The quantitative estimate of drug-likeness (QED) is 0.505. The molecule has 1 aliphatic rings. The molecule has 1 aliphatic heterocycles. The normalized spacial score (nSPS) is 12.8. The number of ether oxygens (including phenoxy) is 4. The monoisotopic (exact) mass is 425 g/mol. The van der Waals surface area contributed by atoms with Gasteiger partial charge in [0.25, 0.3) is 5.91 Å². The van der Waals surface area contributed by atoms with Crippen molar-refractivity contribution in [3.8, 4) is 17.2 Å². The van der Waals surface area contributed by atoms with Crippen LogP contribution in [-0.2, 0) is 9.53 Å². The van der Waals surface area contributed by atoms with E-state index < -0.39 is 11.9 Å². The summed E-state index contributed by atoms with van der Waals surface area (Å²) in [5.74, 6) is 1.24. The van der Waals surface area contributed by atoms with Gasteiger partial charge in [0.1, 0.15) is 11.4 Å². The minimum Gasteiger partial charge on any atom is -0.493 e. The summed E-state index contributed by atoms with van der Waals surface area (Å²) in [5, 5.41) is 2.66. The third-order valence-corrected chi connectivity index (χ3v) is 4.22. The molecule has 31 heavy (non-hydrogen) atoms. The van der Waals surface area contributed by atoms with Crippen molar-refractivity contribution in [3.05, 3.63) is 59.3 Å². The lowest BCUT2D eigenvalue weighted by Crippen LogP contribution is -2.29. The van der Waals surface area contributed by atoms with Crippen molar-refractivity contribution in [1.82, 2.24) is 5.32 Å². The second kappa shape index (κ2) is 10.0. The SMILES string of the molecule is CC(C)COc1ccc(C(=O)N/C(=C/c2ccc3c(c2)OCO3)C(=O)OC(C)C)cc1. The fourth-order valence-corrected chi connectivity index (χ4v) is 2.75. The van der Waals surface area contributed by atoms with Gasteiger partial charge in [-0.3, -0.25) is 4.79 Å². The maximum atomic E-state index is 12.8. The molecule has 7 nitrogen and oxygen atoms in total. The van der Waals surface area contributed by atoms with Crippen LogP contribution in [0.25, 0.3) is 6.08 Å². The largest absolute Gasteiger partial charge is 0.493 e. The summed E-state index contributed by atoms with van der Waals surface area (Å²) >= 11 is 0. The molecule has 0 saturated heterocycles. The summed E-state index contributed by atoms with van der Waals surface area (Å²) in [5.41, 5.74) is 1.08. The predicted molar refractivity (Wildman–Crippen MR) is 116 cm³/mol. The van der Waals surface area contributed by atoms with Crippen molar-refractivity contribution < 1.29 is 28.5 Å². The van der Waals surface area contributed by atoms with Gasteiger partial charge in [-0.1, -0.05) is 19.9 Å². The average Bonchev–Trinajstić information content (AvgIpc) is 3.19. The Bertz CT molecular complexity index is 963. The van der Waals surface area contributed by atoms with Gasteiger partial charge in [0, 0.05) is 5.56 Å². The Kier molecular flexibility index (Phi) is 7.18. The lowest BCUT2D eigenvalue weighted by atomic mass is 10.1. The number of esters is 1. The van der Waals surface area contributed by atoms with E-state index in [1.54, 1.807) is 62.4 Å². The number of amides is 1. The first-order valence-corrected chi connectivity index (χ1v) is 10.2. The maximum absolute atomic E-state index is 12.8. The van der Waals surface area contributed by atoms with E-state index in [1.165, 1.54) is 0 Å². The molecule has 0 spiro atoms. The maximum Gasteiger partial charge on any atom is 0.355 e. The first-order valence-electron chi connectivity index (χ1n) is 10.2. The topological polar surface area (TPSA) is 83.1 Å². The number of fused-ring (bicyclic) bond motifs is 1. The van der Waals surface area contributed by atoms with E-state index in [1.807, 2.05) is 0 Å². The van der Waals surface area contributed by atoms with Gasteiger partial charge in [-0.05, 0) is 67.8 Å². The molecule has 7 heteroatoms. The molecule has 0 fully saturated rings. The van der Waals surface area contributed by atoms with Gasteiger partial charge in [0.15, 0.2) is 11.5 Å². The van der Waals surface area contributed by atoms with E-state index in [9.17, 15) is 9.59 Å². The Labute approximate surface area is 181 Å². The summed E-state index contributed by atoms with van der Waals surface area (Å²) < 4.78 is 21.6. The number of carbonyl (C=O) groups excluding carboxylic acids is 2. The lowest BCUT2D eigenvalue weighted by molar-refractivity contribution is -0.142. The Morgan fingerprint density at radius 2 is 1.74 bits per heavy atom. The zero-order chi connectivity index (χ0) is 22.4. The van der Waals surface area contributed by atoms with Crippen LogP contribution in [0.3, 0.4) is 0 Å². The van der Waals surface area contributed by atoms with Crippen LogP contribution < -0.4 is 19.5 Å². The summed E-state index contributed by atoms with van der Waals surface area (Å²) in [4.78, 5) is 25.3. The average molecular weight is 425 g/mol. The van der Waals surface area contributed by atoms with Crippen molar-refractivity contribution in [2.75, 3.05) is 13.4 Å². The van der Waals surface area contributed by atoms with Crippen LogP contribution in [0.2, 0.25) is 0 Å². The van der Waals surface area contributed by atoms with Crippen LogP contribution in [-0.4, -0.2) is 31.4 Å². The highest BCUT2D eigenvalue weighted by Crippen LogP contribution is 2.33. The molecular formula is C24H27NO6. The van der Waals surface area contributed by atoms with E-state index in [4.69, 9.17) is 18.9 Å². The molecule has 1 amide bonds. The molecular weight excluding hydrogens is 398 g/mol. The van der Waals surface area contributed by atoms with Gasteiger partial charge in [-0.15, -0.1) is 0 Å². The Morgan fingerprint density at radius 3 is 2.42 bits per heavy atom. The number of carbonyl (C=O) groups is 2. The molecule has 3 rings (SSSR count). The Morgan fingerprint density at radius 1 is 1.03 bits per heavy atom. The van der Waals surface area contributed by atoms with Crippen LogP contribution in [0.15, 0.2) is 48.2 Å².